The first-order valence-electron chi connectivity index (χ1n) is 10.2. The highest BCUT2D eigenvalue weighted by Crippen LogP contribution is 2.32. The number of tetrazole rings is 1. The zero-order valence-electron chi connectivity index (χ0n) is 18.3. The van der Waals surface area contributed by atoms with Crippen molar-refractivity contribution in [1.82, 2.24) is 29.5 Å². The molecule has 0 radical (unpaired) electrons. The molecule has 1 amide bonds. The molecule has 12 nitrogen and oxygen atoms in total. The summed E-state index contributed by atoms with van der Waals surface area (Å²) < 4.78 is 47.8. The molecule has 0 saturated heterocycles. The van der Waals surface area contributed by atoms with Crippen molar-refractivity contribution in [3.63, 3.8) is 0 Å². The number of nitrogens with zero attached hydrogens (tertiary/aromatic N) is 6. The Bertz CT molecular complexity index is 1330. The van der Waals surface area contributed by atoms with E-state index in [-0.39, 0.29) is 48.4 Å². The average Bonchev–Trinajstić information content (AvgIpc) is 3.39. The van der Waals surface area contributed by atoms with E-state index in [1.165, 1.54) is 22.2 Å². The molecule has 180 valence electrons. The fourth-order valence-electron chi connectivity index (χ4n) is 3.49. The average molecular weight is 492 g/mol. The number of rotatable bonds is 8. The third kappa shape index (κ3) is 4.40. The molecule has 34 heavy (non-hydrogen) atoms. The Morgan fingerprint density at radius 2 is 2.15 bits per heavy atom. The highest BCUT2D eigenvalue weighted by molar-refractivity contribution is 7.89. The lowest BCUT2D eigenvalue weighted by Gasteiger charge is -2.13. The van der Waals surface area contributed by atoms with Crippen LogP contribution in [0.5, 0.6) is 0 Å². The number of methoxy groups -OCH3 is 1. The number of aliphatic hydroxyl groups is 1. The van der Waals surface area contributed by atoms with Crippen molar-refractivity contribution in [2.24, 2.45) is 0 Å². The fraction of sp³-hybridized carbons (Fsp3) is 0.350. The van der Waals surface area contributed by atoms with Crippen molar-refractivity contribution >= 4 is 21.7 Å². The number of amides is 1. The third-order valence-corrected chi connectivity index (χ3v) is 7.23. The van der Waals surface area contributed by atoms with Crippen LogP contribution in [0, 0.1) is 5.82 Å². The van der Waals surface area contributed by atoms with Gasteiger partial charge in [-0.1, -0.05) is 6.07 Å². The zero-order valence-corrected chi connectivity index (χ0v) is 19.2. The number of aliphatic hydroxyl groups excluding tert-OH is 1. The van der Waals surface area contributed by atoms with Gasteiger partial charge < -0.3 is 15.2 Å². The monoisotopic (exact) mass is 491 g/mol. The molecular formula is C20H22FN7O5S. The molecular weight excluding hydrogens is 469 g/mol. The molecule has 4 rings (SSSR count). The summed E-state index contributed by atoms with van der Waals surface area (Å²) in [5.74, 6) is -1.36. The number of anilines is 1. The standard InChI is InChI=1S/C20H22FN7O5S/c1-12(11-29)28-19(24-25-26-28)16-4-3-5-18(22-16)23-20(30)14-9-17-13(8-15(14)21)10-27(6-7-33-2)34(17,31)32/h3-5,8-9,12,29H,6-7,10-11H2,1-2H3,(H,22,23,30)/t12-/m1/s1. The van der Waals surface area contributed by atoms with E-state index in [0.717, 1.165) is 12.1 Å². The maximum Gasteiger partial charge on any atom is 0.259 e. The smallest absolute Gasteiger partial charge is 0.259 e. The van der Waals surface area contributed by atoms with Gasteiger partial charge in [-0.05, 0) is 47.2 Å². The highest BCUT2D eigenvalue weighted by Gasteiger charge is 2.36. The van der Waals surface area contributed by atoms with Gasteiger partial charge in [-0.25, -0.2) is 22.5 Å². The number of ether oxygens (including phenoxy) is 1. The first kappa shape index (κ1) is 23.8. The van der Waals surface area contributed by atoms with Gasteiger partial charge in [0.25, 0.3) is 5.91 Å². The molecule has 0 spiro atoms. The Hall–Kier alpha value is -3.33. The molecule has 3 heterocycles. The lowest BCUT2D eigenvalue weighted by Crippen LogP contribution is -2.27. The number of fused-ring (bicyclic) bond motifs is 1. The molecule has 1 aliphatic heterocycles. The van der Waals surface area contributed by atoms with Crippen LogP contribution in [-0.4, -0.2) is 75.8 Å². The predicted molar refractivity (Wildman–Crippen MR) is 117 cm³/mol. The molecule has 3 aromatic rings. The third-order valence-electron chi connectivity index (χ3n) is 5.30. The second-order valence-electron chi connectivity index (χ2n) is 7.61. The number of nitrogens with one attached hydrogen (secondary N) is 1. The van der Waals surface area contributed by atoms with Gasteiger partial charge in [-0.15, -0.1) is 5.10 Å². The number of carbonyl (C=O) groups excluding carboxylic acids is 1. The van der Waals surface area contributed by atoms with Crippen molar-refractivity contribution in [2.45, 2.75) is 24.4 Å². The second-order valence-corrected chi connectivity index (χ2v) is 9.52. The van der Waals surface area contributed by atoms with E-state index >= 15 is 0 Å². The molecule has 1 atom stereocenters. The number of hydrogen-bond donors (Lipinski definition) is 2. The molecule has 14 heteroatoms. The summed E-state index contributed by atoms with van der Waals surface area (Å²) in [6.07, 6.45) is 0. The molecule has 0 saturated carbocycles. The van der Waals surface area contributed by atoms with Crippen LogP contribution in [0.4, 0.5) is 10.2 Å². The number of pyridine rings is 1. The Kier molecular flexibility index (Phi) is 6.65. The largest absolute Gasteiger partial charge is 0.394 e. The minimum absolute atomic E-state index is 0.00439. The lowest BCUT2D eigenvalue weighted by atomic mass is 10.1. The van der Waals surface area contributed by atoms with E-state index in [4.69, 9.17) is 4.74 Å². The minimum atomic E-state index is -3.87. The van der Waals surface area contributed by atoms with Crippen LogP contribution in [0.2, 0.25) is 0 Å². The van der Waals surface area contributed by atoms with Crippen molar-refractivity contribution in [3.05, 3.63) is 47.3 Å². The lowest BCUT2D eigenvalue weighted by molar-refractivity contribution is 0.102. The first-order valence-corrected chi connectivity index (χ1v) is 11.7. The van der Waals surface area contributed by atoms with Gasteiger partial charge in [0.15, 0.2) is 0 Å². The van der Waals surface area contributed by atoms with Crippen LogP contribution in [0.25, 0.3) is 11.5 Å². The van der Waals surface area contributed by atoms with Gasteiger partial charge in [0.2, 0.25) is 15.8 Å². The van der Waals surface area contributed by atoms with E-state index < -0.39 is 33.4 Å². The normalized spacial score (nSPS) is 15.8. The van der Waals surface area contributed by atoms with E-state index in [1.807, 2.05) is 0 Å². The van der Waals surface area contributed by atoms with Gasteiger partial charge in [0.05, 0.1) is 29.7 Å². The molecule has 1 aliphatic rings. The summed E-state index contributed by atoms with van der Waals surface area (Å²) in [4.78, 5) is 17.0. The Balaban J connectivity index is 1.60. The SMILES string of the molecule is COCCN1Cc2cc(F)c(C(=O)Nc3cccc(-c4nnnn4[C@H](C)CO)n3)cc2S1(=O)=O. The van der Waals surface area contributed by atoms with Crippen LogP contribution in [0.3, 0.4) is 0 Å². The summed E-state index contributed by atoms with van der Waals surface area (Å²) in [6.45, 7) is 1.82. The van der Waals surface area contributed by atoms with Crippen molar-refractivity contribution in [2.75, 3.05) is 32.2 Å². The maximum atomic E-state index is 14.7. The van der Waals surface area contributed by atoms with Gasteiger partial charge in [-0.3, -0.25) is 4.79 Å². The quantitative estimate of drug-likeness (QED) is 0.466. The van der Waals surface area contributed by atoms with E-state index in [9.17, 15) is 22.7 Å². The highest BCUT2D eigenvalue weighted by atomic mass is 32.2. The number of hydrogen-bond acceptors (Lipinski definition) is 9. The van der Waals surface area contributed by atoms with Crippen LogP contribution < -0.4 is 5.32 Å². The van der Waals surface area contributed by atoms with Gasteiger partial charge in [0.1, 0.15) is 17.3 Å². The van der Waals surface area contributed by atoms with Crippen LogP contribution >= 0.6 is 0 Å². The number of aromatic nitrogens is 5. The minimum Gasteiger partial charge on any atom is -0.394 e. The number of carbonyl (C=O) groups is 1. The van der Waals surface area contributed by atoms with Crippen LogP contribution in [0.1, 0.15) is 28.9 Å². The summed E-state index contributed by atoms with van der Waals surface area (Å²) in [6, 6.07) is 6.38. The molecule has 0 aliphatic carbocycles. The number of halogens is 1. The Labute approximate surface area is 194 Å². The van der Waals surface area contributed by atoms with E-state index in [1.54, 1.807) is 19.1 Å². The van der Waals surface area contributed by atoms with E-state index in [2.05, 4.69) is 25.8 Å². The summed E-state index contributed by atoms with van der Waals surface area (Å²) in [5, 5.41) is 23.2. The van der Waals surface area contributed by atoms with Gasteiger partial charge >= 0.3 is 0 Å². The van der Waals surface area contributed by atoms with Crippen LogP contribution in [-0.2, 0) is 21.3 Å². The van der Waals surface area contributed by atoms with Crippen molar-refractivity contribution < 1.29 is 27.4 Å². The topological polar surface area (TPSA) is 152 Å². The molecule has 2 aromatic heterocycles. The van der Waals surface area contributed by atoms with E-state index in [0.29, 0.717) is 5.69 Å². The molecule has 0 bridgehead atoms. The number of sulfonamides is 1. The van der Waals surface area contributed by atoms with Gasteiger partial charge in [0, 0.05) is 20.2 Å². The molecule has 2 N–H and O–H groups in total. The Morgan fingerprint density at radius 3 is 2.88 bits per heavy atom. The maximum absolute atomic E-state index is 14.7. The molecule has 0 unspecified atom stereocenters. The number of benzene rings is 1. The second kappa shape index (κ2) is 9.50. The molecule has 1 aromatic carbocycles. The summed E-state index contributed by atoms with van der Waals surface area (Å²) in [5.41, 5.74) is 0.158. The zero-order chi connectivity index (χ0) is 24.5. The fourth-order valence-corrected chi connectivity index (χ4v) is 5.11. The summed E-state index contributed by atoms with van der Waals surface area (Å²) in [7, 11) is -2.42. The van der Waals surface area contributed by atoms with Crippen LogP contribution in [0.15, 0.2) is 35.2 Å². The van der Waals surface area contributed by atoms with Crippen molar-refractivity contribution in [1.29, 1.82) is 0 Å². The Morgan fingerprint density at radius 1 is 1.35 bits per heavy atom. The first-order chi connectivity index (χ1) is 16.3. The van der Waals surface area contributed by atoms with Crippen molar-refractivity contribution in [3.8, 4) is 11.5 Å². The van der Waals surface area contributed by atoms with Gasteiger partial charge in [-0.2, -0.15) is 4.31 Å². The molecule has 0 fully saturated rings. The summed E-state index contributed by atoms with van der Waals surface area (Å²) >= 11 is 0. The predicted octanol–water partition coefficient (Wildman–Crippen LogP) is 0.830.